The molecule has 7 nitrogen and oxygen atoms in total. The summed E-state index contributed by atoms with van der Waals surface area (Å²) in [5.74, 6) is -0.154. The molecule has 2 atom stereocenters. The van der Waals surface area contributed by atoms with E-state index in [1.807, 2.05) is 41.3 Å². The third-order valence-corrected chi connectivity index (χ3v) is 8.88. The number of ether oxygens (including phenoxy) is 1. The molecule has 6 rings (SSSR count). The fourth-order valence-electron chi connectivity index (χ4n) is 6.48. The first-order valence-electron chi connectivity index (χ1n) is 14.2. The Bertz CT molecular complexity index is 1220. The van der Waals surface area contributed by atoms with Crippen molar-refractivity contribution in [2.45, 2.75) is 76.6 Å². The Kier molecular flexibility index (Phi) is 6.72. The minimum absolute atomic E-state index is 0.0518. The van der Waals surface area contributed by atoms with E-state index in [1.54, 1.807) is 0 Å². The summed E-state index contributed by atoms with van der Waals surface area (Å²) in [4.78, 5) is 45.7. The van der Waals surface area contributed by atoms with E-state index < -0.39 is 17.6 Å². The molecule has 2 aromatic rings. The van der Waals surface area contributed by atoms with Gasteiger partial charge in [0.05, 0.1) is 0 Å². The topological polar surface area (TPSA) is 70.2 Å². The summed E-state index contributed by atoms with van der Waals surface area (Å²) in [6.45, 7) is 5.40. The van der Waals surface area contributed by atoms with Crippen molar-refractivity contribution in [3.8, 4) is 0 Å². The van der Waals surface area contributed by atoms with Crippen LogP contribution in [0.5, 0.6) is 0 Å². The van der Waals surface area contributed by atoms with Crippen molar-refractivity contribution in [2.24, 2.45) is 5.92 Å². The van der Waals surface area contributed by atoms with E-state index in [4.69, 9.17) is 4.74 Å². The van der Waals surface area contributed by atoms with E-state index in [9.17, 15) is 14.4 Å². The molecule has 2 saturated heterocycles. The van der Waals surface area contributed by atoms with Crippen LogP contribution in [0.1, 0.15) is 67.7 Å². The number of piperidine rings is 1. The van der Waals surface area contributed by atoms with Gasteiger partial charge in [0.25, 0.3) is 5.91 Å². The van der Waals surface area contributed by atoms with Gasteiger partial charge < -0.3 is 9.64 Å². The number of carbonyl (C=O) groups excluding carboxylic acids is 3. The van der Waals surface area contributed by atoms with Gasteiger partial charge in [-0.2, -0.15) is 0 Å². The van der Waals surface area contributed by atoms with Crippen LogP contribution in [-0.4, -0.2) is 58.3 Å². The smallest absolute Gasteiger partial charge is 0.418 e. The molecule has 4 aliphatic rings. The number of likely N-dealkylation sites (tertiary alicyclic amines) is 1. The number of hydrogen-bond acceptors (Lipinski definition) is 5. The van der Waals surface area contributed by atoms with Crippen molar-refractivity contribution in [1.82, 2.24) is 14.7 Å². The molecule has 2 aliphatic carbocycles. The Morgan fingerprint density at radius 2 is 1.82 bits per heavy atom. The largest absolute Gasteiger partial charge is 0.427 e. The number of benzene rings is 2. The van der Waals surface area contributed by atoms with Crippen molar-refractivity contribution in [3.63, 3.8) is 0 Å². The second kappa shape index (κ2) is 10.2. The van der Waals surface area contributed by atoms with Gasteiger partial charge in [0, 0.05) is 31.1 Å². The molecule has 7 heteroatoms. The number of hydrogen-bond donors (Lipinski definition) is 0. The highest BCUT2D eigenvalue weighted by molar-refractivity contribution is 6.06. The normalized spacial score (nSPS) is 24.0. The highest BCUT2D eigenvalue weighted by Crippen LogP contribution is 2.46. The van der Waals surface area contributed by atoms with Gasteiger partial charge in [-0.1, -0.05) is 55.0 Å². The third-order valence-electron chi connectivity index (χ3n) is 8.88. The van der Waals surface area contributed by atoms with Crippen LogP contribution in [0, 0.1) is 5.92 Å². The maximum absolute atomic E-state index is 13.7. The average Bonchev–Trinajstić information content (AvgIpc) is 3.69. The minimum atomic E-state index is -1.30. The zero-order valence-electron chi connectivity index (χ0n) is 22.2. The lowest BCUT2D eigenvalue weighted by Gasteiger charge is -2.30. The fourth-order valence-corrected chi connectivity index (χ4v) is 6.48. The van der Waals surface area contributed by atoms with Gasteiger partial charge >= 0.3 is 6.09 Å². The second-order valence-electron chi connectivity index (χ2n) is 11.5. The monoisotopic (exact) mass is 515 g/mol. The number of nitrogens with zero attached hydrogens (tertiary/aromatic N) is 3. The van der Waals surface area contributed by atoms with Gasteiger partial charge in [-0.05, 0) is 74.7 Å². The predicted octanol–water partition coefficient (Wildman–Crippen LogP) is 4.62. The van der Waals surface area contributed by atoms with Gasteiger partial charge in [0.2, 0.25) is 11.5 Å². The molecule has 0 radical (unpaired) electrons. The van der Waals surface area contributed by atoms with Crippen LogP contribution >= 0.6 is 0 Å². The van der Waals surface area contributed by atoms with E-state index in [2.05, 4.69) is 24.0 Å². The summed E-state index contributed by atoms with van der Waals surface area (Å²) in [6, 6.07) is 16.1. The maximum atomic E-state index is 13.7. The van der Waals surface area contributed by atoms with Crippen molar-refractivity contribution in [3.05, 3.63) is 70.8 Å². The van der Waals surface area contributed by atoms with E-state index in [0.29, 0.717) is 25.3 Å². The number of carbonyl (C=O) groups is 3. The maximum Gasteiger partial charge on any atom is 0.418 e. The summed E-state index contributed by atoms with van der Waals surface area (Å²) < 4.78 is 5.83. The van der Waals surface area contributed by atoms with Crippen molar-refractivity contribution >= 4 is 17.9 Å². The van der Waals surface area contributed by atoms with Crippen molar-refractivity contribution in [2.75, 3.05) is 19.6 Å². The molecular formula is C31H37N3O4. The Morgan fingerprint density at radius 3 is 2.55 bits per heavy atom. The Hall–Kier alpha value is -3.19. The third kappa shape index (κ3) is 4.73. The van der Waals surface area contributed by atoms with Crippen LogP contribution < -0.4 is 0 Å². The summed E-state index contributed by atoms with van der Waals surface area (Å²) >= 11 is 0. The predicted molar refractivity (Wildman–Crippen MR) is 143 cm³/mol. The highest BCUT2D eigenvalue weighted by atomic mass is 16.6. The van der Waals surface area contributed by atoms with Crippen LogP contribution in [0.4, 0.5) is 4.79 Å². The molecule has 3 amide bonds. The first kappa shape index (κ1) is 25.1. The Labute approximate surface area is 224 Å². The lowest BCUT2D eigenvalue weighted by atomic mass is 9.94. The van der Waals surface area contributed by atoms with E-state index in [0.717, 1.165) is 54.1 Å². The molecule has 1 unspecified atom stereocenters. The fraction of sp³-hybridized carbons (Fsp3) is 0.516. The second-order valence-corrected chi connectivity index (χ2v) is 11.5. The molecule has 1 spiro atoms. The number of aryl methyl sites for hydroxylation is 1. The summed E-state index contributed by atoms with van der Waals surface area (Å²) in [6.07, 6.45) is 6.39. The van der Waals surface area contributed by atoms with Gasteiger partial charge in [-0.3, -0.25) is 14.5 Å². The minimum Gasteiger partial charge on any atom is -0.427 e. The summed E-state index contributed by atoms with van der Waals surface area (Å²) in [5.41, 5.74) is 2.81. The molecule has 2 aromatic carbocycles. The molecule has 2 heterocycles. The Balaban J connectivity index is 1.18. The van der Waals surface area contributed by atoms with Crippen molar-refractivity contribution < 1.29 is 19.1 Å². The van der Waals surface area contributed by atoms with Crippen LogP contribution in [0.2, 0.25) is 0 Å². The lowest BCUT2D eigenvalue weighted by Crippen LogP contribution is -2.47. The lowest BCUT2D eigenvalue weighted by molar-refractivity contribution is -0.143. The molecule has 1 saturated carbocycles. The number of rotatable bonds is 8. The molecule has 3 fully saturated rings. The molecule has 0 bridgehead atoms. The molecule has 38 heavy (non-hydrogen) atoms. The standard InChI is InChI=1S/C31H37N3O4/c1-22(25-11-12-25)33(20-23-8-4-2-5-9-23)28(35)21-34-29(36)31(38-30(34)37)15-14-26-18-24(10-13-27(26)31)19-32-16-6-3-7-17-32/h2,4-5,8-10,13,18,22,25H,3,6-7,11-12,14-17,19-21H2,1H3/t22-,31?/m0/s1. The van der Waals surface area contributed by atoms with E-state index in [1.165, 1.54) is 24.8 Å². The van der Waals surface area contributed by atoms with E-state index >= 15 is 0 Å². The SMILES string of the molecule is C[C@@H](C1CC1)N(Cc1ccccc1)C(=O)CN1C(=O)OC2(CCc3cc(CN4CCCCC4)ccc32)C1=O. The zero-order chi connectivity index (χ0) is 26.3. The molecule has 0 aromatic heterocycles. The Morgan fingerprint density at radius 1 is 1.05 bits per heavy atom. The molecule has 0 N–H and O–H groups in total. The highest BCUT2D eigenvalue weighted by Gasteiger charge is 2.58. The summed E-state index contributed by atoms with van der Waals surface area (Å²) in [5, 5.41) is 0. The van der Waals surface area contributed by atoms with Crippen LogP contribution in [-0.2, 0) is 39.4 Å². The van der Waals surface area contributed by atoms with Gasteiger partial charge in [-0.25, -0.2) is 9.69 Å². The van der Waals surface area contributed by atoms with Gasteiger partial charge in [-0.15, -0.1) is 0 Å². The first-order chi connectivity index (χ1) is 18.4. The molecule has 200 valence electrons. The first-order valence-corrected chi connectivity index (χ1v) is 14.2. The average molecular weight is 516 g/mol. The molecule has 2 aliphatic heterocycles. The van der Waals surface area contributed by atoms with Gasteiger partial charge in [0.1, 0.15) is 6.54 Å². The number of imide groups is 1. The van der Waals surface area contributed by atoms with Crippen LogP contribution in [0.3, 0.4) is 0 Å². The zero-order valence-corrected chi connectivity index (χ0v) is 22.2. The van der Waals surface area contributed by atoms with Gasteiger partial charge in [0.15, 0.2) is 0 Å². The van der Waals surface area contributed by atoms with Crippen LogP contribution in [0.15, 0.2) is 48.5 Å². The quantitative estimate of drug-likeness (QED) is 0.513. The number of amides is 3. The van der Waals surface area contributed by atoms with Crippen molar-refractivity contribution in [1.29, 1.82) is 0 Å². The van der Waals surface area contributed by atoms with E-state index in [-0.39, 0.29) is 18.5 Å². The number of fused-ring (bicyclic) bond motifs is 2. The summed E-state index contributed by atoms with van der Waals surface area (Å²) in [7, 11) is 0. The van der Waals surface area contributed by atoms with Crippen LogP contribution in [0.25, 0.3) is 0 Å². The molecular weight excluding hydrogens is 478 g/mol.